The van der Waals surface area contributed by atoms with Crippen molar-refractivity contribution in [1.29, 1.82) is 0 Å². The number of amides is 1. The van der Waals surface area contributed by atoms with E-state index in [4.69, 9.17) is 9.47 Å². The molecule has 122 valence electrons. The smallest absolute Gasteiger partial charge is 0.265 e. The minimum absolute atomic E-state index is 0.187. The summed E-state index contributed by atoms with van der Waals surface area (Å²) in [7, 11) is 0. The average Bonchev–Trinajstić information content (AvgIpc) is 2.57. The third-order valence-electron chi connectivity index (χ3n) is 3.31. The van der Waals surface area contributed by atoms with Gasteiger partial charge >= 0.3 is 0 Å². The molecule has 4 heteroatoms. The van der Waals surface area contributed by atoms with Gasteiger partial charge in [-0.25, -0.2) is 0 Å². The van der Waals surface area contributed by atoms with Gasteiger partial charge in [0.25, 0.3) is 5.91 Å². The number of hydrogen-bond acceptors (Lipinski definition) is 3. The van der Waals surface area contributed by atoms with Gasteiger partial charge < -0.3 is 14.8 Å². The van der Waals surface area contributed by atoms with Crippen LogP contribution in [0.2, 0.25) is 0 Å². The Hall–Kier alpha value is -2.49. The van der Waals surface area contributed by atoms with Gasteiger partial charge in [0, 0.05) is 5.69 Å². The Labute approximate surface area is 137 Å². The van der Waals surface area contributed by atoms with E-state index in [1.807, 2.05) is 54.6 Å². The van der Waals surface area contributed by atoms with E-state index in [9.17, 15) is 4.79 Å². The molecule has 0 unspecified atom stereocenters. The summed E-state index contributed by atoms with van der Waals surface area (Å²) in [6.45, 7) is 4.56. The van der Waals surface area contributed by atoms with Gasteiger partial charge in [0.15, 0.2) is 6.10 Å². The van der Waals surface area contributed by atoms with Crippen LogP contribution in [0.15, 0.2) is 54.6 Å². The van der Waals surface area contributed by atoms with E-state index in [0.717, 1.165) is 24.3 Å². The molecule has 0 aliphatic carbocycles. The van der Waals surface area contributed by atoms with Crippen LogP contribution in [0.5, 0.6) is 11.5 Å². The van der Waals surface area contributed by atoms with Crippen molar-refractivity contribution >= 4 is 11.6 Å². The maximum Gasteiger partial charge on any atom is 0.265 e. The van der Waals surface area contributed by atoms with E-state index < -0.39 is 6.10 Å². The Morgan fingerprint density at radius 2 is 1.74 bits per heavy atom. The fraction of sp³-hybridized carbons (Fsp3) is 0.316. The first-order valence-corrected chi connectivity index (χ1v) is 7.94. The van der Waals surface area contributed by atoms with Gasteiger partial charge in [0.2, 0.25) is 0 Å². The van der Waals surface area contributed by atoms with Gasteiger partial charge in [0.1, 0.15) is 11.5 Å². The number of para-hydroxylation sites is 1. The third-order valence-corrected chi connectivity index (χ3v) is 3.31. The molecule has 1 amide bonds. The fourth-order valence-electron chi connectivity index (χ4n) is 1.97. The number of hydrogen-bond donors (Lipinski definition) is 1. The minimum Gasteiger partial charge on any atom is -0.494 e. The van der Waals surface area contributed by atoms with Crippen molar-refractivity contribution in [1.82, 2.24) is 0 Å². The Morgan fingerprint density at radius 1 is 1.04 bits per heavy atom. The molecule has 0 heterocycles. The second-order valence-electron chi connectivity index (χ2n) is 5.29. The molecule has 0 bridgehead atoms. The van der Waals surface area contributed by atoms with Crippen LogP contribution in [0, 0.1) is 0 Å². The number of nitrogens with one attached hydrogen (secondary N) is 1. The van der Waals surface area contributed by atoms with Crippen molar-refractivity contribution in [3.8, 4) is 11.5 Å². The first-order chi connectivity index (χ1) is 11.2. The van der Waals surface area contributed by atoms with Crippen molar-refractivity contribution in [3.63, 3.8) is 0 Å². The van der Waals surface area contributed by atoms with Crippen LogP contribution in [0.1, 0.15) is 26.7 Å². The van der Waals surface area contributed by atoms with Crippen LogP contribution >= 0.6 is 0 Å². The molecule has 2 aromatic carbocycles. The summed E-state index contributed by atoms with van der Waals surface area (Å²) >= 11 is 0. The summed E-state index contributed by atoms with van der Waals surface area (Å²) in [5, 5.41) is 2.84. The largest absolute Gasteiger partial charge is 0.494 e. The summed E-state index contributed by atoms with van der Waals surface area (Å²) in [6.07, 6.45) is 1.57. The van der Waals surface area contributed by atoms with E-state index in [-0.39, 0.29) is 5.91 Å². The molecule has 0 fully saturated rings. The molecule has 0 saturated carbocycles. The normalized spacial score (nSPS) is 11.6. The lowest BCUT2D eigenvalue weighted by atomic mass is 10.2. The van der Waals surface area contributed by atoms with Gasteiger partial charge in [-0.15, -0.1) is 0 Å². The number of anilines is 1. The molecular formula is C19H23NO3. The quantitative estimate of drug-likeness (QED) is 0.740. The maximum atomic E-state index is 12.1. The Balaban J connectivity index is 1.84. The Morgan fingerprint density at radius 3 is 2.39 bits per heavy atom. The molecule has 0 radical (unpaired) electrons. The summed E-state index contributed by atoms with van der Waals surface area (Å²) in [5.74, 6) is 1.30. The topological polar surface area (TPSA) is 47.6 Å². The average molecular weight is 313 g/mol. The monoisotopic (exact) mass is 313 g/mol. The highest BCUT2D eigenvalue weighted by molar-refractivity contribution is 5.94. The second-order valence-corrected chi connectivity index (χ2v) is 5.29. The predicted octanol–water partition coefficient (Wildman–Crippen LogP) is 4.27. The third kappa shape index (κ3) is 5.66. The Kier molecular flexibility index (Phi) is 6.48. The molecule has 1 atom stereocenters. The number of ether oxygens (including phenoxy) is 2. The first-order valence-electron chi connectivity index (χ1n) is 7.94. The fourth-order valence-corrected chi connectivity index (χ4v) is 1.97. The van der Waals surface area contributed by atoms with Crippen LogP contribution in [0.4, 0.5) is 5.69 Å². The molecule has 4 nitrogen and oxygen atoms in total. The highest BCUT2D eigenvalue weighted by Crippen LogP contribution is 2.17. The summed E-state index contributed by atoms with van der Waals surface area (Å²) in [4.78, 5) is 12.1. The van der Waals surface area contributed by atoms with Crippen molar-refractivity contribution in [2.24, 2.45) is 0 Å². The summed E-state index contributed by atoms with van der Waals surface area (Å²) in [5.41, 5.74) is 0.723. The number of carbonyl (C=O) groups is 1. The lowest BCUT2D eigenvalue weighted by molar-refractivity contribution is -0.122. The summed E-state index contributed by atoms with van der Waals surface area (Å²) in [6, 6.07) is 16.7. The van der Waals surface area contributed by atoms with Crippen molar-refractivity contribution < 1.29 is 14.3 Å². The van der Waals surface area contributed by atoms with Crippen molar-refractivity contribution in [2.75, 3.05) is 11.9 Å². The second kappa shape index (κ2) is 8.83. The first kappa shape index (κ1) is 16.9. The van der Waals surface area contributed by atoms with Gasteiger partial charge in [-0.1, -0.05) is 31.5 Å². The van der Waals surface area contributed by atoms with Gasteiger partial charge in [0.05, 0.1) is 6.61 Å². The molecule has 1 N–H and O–H groups in total. The zero-order chi connectivity index (χ0) is 16.5. The van der Waals surface area contributed by atoms with Crippen LogP contribution in [-0.2, 0) is 4.79 Å². The molecule has 0 aliphatic rings. The van der Waals surface area contributed by atoms with Crippen LogP contribution in [0.3, 0.4) is 0 Å². The van der Waals surface area contributed by atoms with Crippen LogP contribution in [0.25, 0.3) is 0 Å². The molecule has 0 spiro atoms. The summed E-state index contributed by atoms with van der Waals surface area (Å²) < 4.78 is 11.2. The number of rotatable bonds is 8. The number of benzene rings is 2. The minimum atomic E-state index is -0.571. The highest BCUT2D eigenvalue weighted by Gasteiger charge is 2.14. The van der Waals surface area contributed by atoms with E-state index in [2.05, 4.69) is 12.2 Å². The van der Waals surface area contributed by atoms with Crippen molar-refractivity contribution in [2.45, 2.75) is 32.8 Å². The lowest BCUT2D eigenvalue weighted by Gasteiger charge is -2.15. The van der Waals surface area contributed by atoms with Gasteiger partial charge in [-0.3, -0.25) is 4.79 Å². The Bertz CT molecular complexity index is 596. The molecule has 0 aliphatic heterocycles. The molecule has 23 heavy (non-hydrogen) atoms. The van der Waals surface area contributed by atoms with E-state index in [1.54, 1.807) is 6.92 Å². The van der Waals surface area contributed by atoms with Crippen LogP contribution < -0.4 is 14.8 Å². The van der Waals surface area contributed by atoms with Crippen molar-refractivity contribution in [3.05, 3.63) is 54.6 Å². The zero-order valence-electron chi connectivity index (χ0n) is 13.6. The molecular weight excluding hydrogens is 290 g/mol. The lowest BCUT2D eigenvalue weighted by Crippen LogP contribution is -2.30. The maximum absolute atomic E-state index is 12.1. The van der Waals surface area contributed by atoms with Gasteiger partial charge in [-0.05, 0) is 49.7 Å². The van der Waals surface area contributed by atoms with E-state index in [1.165, 1.54) is 0 Å². The van der Waals surface area contributed by atoms with Gasteiger partial charge in [-0.2, -0.15) is 0 Å². The SMILES string of the molecule is CCCCOc1ccc(NC(=O)[C@@H](C)Oc2ccccc2)cc1. The molecule has 0 saturated heterocycles. The molecule has 2 aromatic rings. The highest BCUT2D eigenvalue weighted by atomic mass is 16.5. The standard InChI is InChI=1S/C19H23NO3/c1-3-4-14-22-17-12-10-16(11-13-17)20-19(21)15(2)23-18-8-6-5-7-9-18/h5-13,15H,3-4,14H2,1-2H3,(H,20,21)/t15-/m1/s1. The van der Waals surface area contributed by atoms with Crippen LogP contribution in [-0.4, -0.2) is 18.6 Å². The molecule has 0 aromatic heterocycles. The number of unbranched alkanes of at least 4 members (excludes halogenated alkanes) is 1. The number of carbonyl (C=O) groups excluding carboxylic acids is 1. The van der Waals surface area contributed by atoms with E-state index >= 15 is 0 Å². The predicted molar refractivity (Wildman–Crippen MR) is 92.0 cm³/mol. The molecule has 2 rings (SSSR count). The zero-order valence-corrected chi connectivity index (χ0v) is 13.6. The van der Waals surface area contributed by atoms with E-state index in [0.29, 0.717) is 12.4 Å².